The van der Waals surface area contributed by atoms with E-state index >= 15 is 0 Å². The molecule has 7 heteroatoms. The average Bonchev–Trinajstić information content (AvgIpc) is 3.15. The van der Waals surface area contributed by atoms with Crippen molar-refractivity contribution in [3.8, 4) is 5.88 Å². The topological polar surface area (TPSA) is 90.4 Å². The Morgan fingerprint density at radius 2 is 2.00 bits per heavy atom. The summed E-state index contributed by atoms with van der Waals surface area (Å²) in [4.78, 5) is 14.7. The first-order valence-corrected chi connectivity index (χ1v) is 11.8. The second kappa shape index (κ2) is 9.88. The van der Waals surface area contributed by atoms with Crippen LogP contribution in [0.5, 0.6) is 5.88 Å². The number of aromatic nitrogens is 1. The molecule has 2 aliphatic rings. The summed E-state index contributed by atoms with van der Waals surface area (Å²) in [7, 11) is 0. The SMILES string of the molecule is CC(NC(=O)c1onc(OCCN)c1Sc1ccccc1)C1CC2CCCC(C2)C1. The fraction of sp³-hybridized carbons (Fsp3) is 0.565. The monoisotopic (exact) mass is 429 g/mol. The minimum Gasteiger partial charge on any atom is -0.473 e. The van der Waals surface area contributed by atoms with E-state index in [2.05, 4.69) is 17.4 Å². The number of carbonyl (C=O) groups excluding carboxylic acids is 1. The largest absolute Gasteiger partial charge is 0.473 e. The van der Waals surface area contributed by atoms with E-state index in [1.54, 1.807) is 0 Å². The van der Waals surface area contributed by atoms with E-state index in [1.807, 2.05) is 30.3 Å². The van der Waals surface area contributed by atoms with E-state index in [1.165, 1.54) is 50.3 Å². The third-order valence-electron chi connectivity index (χ3n) is 6.38. The van der Waals surface area contributed by atoms with E-state index < -0.39 is 0 Å². The van der Waals surface area contributed by atoms with E-state index in [0.29, 0.717) is 29.8 Å². The summed E-state index contributed by atoms with van der Waals surface area (Å²) in [5, 5.41) is 7.19. The smallest absolute Gasteiger partial charge is 0.291 e. The Morgan fingerprint density at radius 3 is 2.70 bits per heavy atom. The highest BCUT2D eigenvalue weighted by Gasteiger charge is 2.35. The molecule has 1 aromatic carbocycles. The summed E-state index contributed by atoms with van der Waals surface area (Å²) in [6, 6.07) is 9.94. The van der Waals surface area contributed by atoms with Crippen molar-refractivity contribution in [2.45, 2.75) is 61.3 Å². The number of ether oxygens (including phenoxy) is 1. The third-order valence-corrected chi connectivity index (χ3v) is 7.45. The Balaban J connectivity index is 1.47. The zero-order valence-corrected chi connectivity index (χ0v) is 18.3. The molecule has 6 nitrogen and oxygen atoms in total. The summed E-state index contributed by atoms with van der Waals surface area (Å²) in [5.74, 6) is 2.48. The van der Waals surface area contributed by atoms with Crippen LogP contribution < -0.4 is 15.8 Å². The minimum atomic E-state index is -0.230. The maximum absolute atomic E-state index is 13.1. The van der Waals surface area contributed by atoms with Crippen LogP contribution >= 0.6 is 11.8 Å². The van der Waals surface area contributed by atoms with Gasteiger partial charge in [-0.05, 0) is 61.2 Å². The van der Waals surface area contributed by atoms with Crippen molar-refractivity contribution in [2.24, 2.45) is 23.5 Å². The third kappa shape index (κ3) is 5.01. The number of benzene rings is 1. The molecule has 162 valence electrons. The lowest BCUT2D eigenvalue weighted by atomic mass is 9.66. The van der Waals surface area contributed by atoms with Crippen LogP contribution in [0.15, 0.2) is 44.6 Å². The number of carbonyl (C=O) groups is 1. The molecule has 1 heterocycles. The fourth-order valence-corrected chi connectivity index (χ4v) is 5.87. The van der Waals surface area contributed by atoms with Crippen LogP contribution in [0, 0.1) is 17.8 Å². The lowest BCUT2D eigenvalue weighted by molar-refractivity contribution is 0.0818. The zero-order valence-electron chi connectivity index (χ0n) is 17.5. The Bertz CT molecular complexity index is 829. The molecule has 3 N–H and O–H groups in total. The number of rotatable bonds is 8. The van der Waals surface area contributed by atoms with Crippen molar-refractivity contribution < 1.29 is 14.1 Å². The summed E-state index contributed by atoms with van der Waals surface area (Å²) in [6.45, 7) is 2.80. The molecule has 30 heavy (non-hydrogen) atoms. The van der Waals surface area contributed by atoms with Gasteiger partial charge in [0, 0.05) is 17.5 Å². The molecule has 2 aliphatic carbocycles. The molecule has 2 saturated carbocycles. The molecule has 0 radical (unpaired) electrons. The number of fused-ring (bicyclic) bond motifs is 2. The predicted octanol–water partition coefficient (Wildman–Crippen LogP) is 4.50. The van der Waals surface area contributed by atoms with Crippen LogP contribution in [0.25, 0.3) is 0 Å². The molecule has 3 atom stereocenters. The number of nitrogens with two attached hydrogens (primary N) is 1. The number of hydrogen-bond acceptors (Lipinski definition) is 6. The van der Waals surface area contributed by atoms with Crippen LogP contribution in [0.3, 0.4) is 0 Å². The molecule has 0 spiro atoms. The predicted molar refractivity (Wildman–Crippen MR) is 117 cm³/mol. The van der Waals surface area contributed by atoms with Crippen molar-refractivity contribution >= 4 is 17.7 Å². The number of nitrogens with zero attached hydrogens (tertiary/aromatic N) is 1. The summed E-state index contributed by atoms with van der Waals surface area (Å²) >= 11 is 1.42. The first-order chi connectivity index (χ1) is 14.6. The molecule has 2 fully saturated rings. The maximum atomic E-state index is 13.1. The van der Waals surface area contributed by atoms with Crippen LogP contribution in [0.1, 0.15) is 56.0 Å². The lowest BCUT2D eigenvalue weighted by Gasteiger charge is -2.41. The van der Waals surface area contributed by atoms with Gasteiger partial charge in [0.2, 0.25) is 5.76 Å². The molecule has 3 unspecified atom stereocenters. The van der Waals surface area contributed by atoms with Gasteiger partial charge in [-0.25, -0.2) is 0 Å². The first kappa shape index (κ1) is 21.2. The summed E-state index contributed by atoms with van der Waals surface area (Å²) in [5.41, 5.74) is 5.56. The molecular formula is C23H31N3O3S. The van der Waals surface area contributed by atoms with Crippen LogP contribution in [-0.2, 0) is 0 Å². The molecule has 1 amide bonds. The van der Waals surface area contributed by atoms with Gasteiger partial charge >= 0.3 is 0 Å². The Kier molecular flexibility index (Phi) is 7.00. The van der Waals surface area contributed by atoms with Crippen molar-refractivity contribution in [1.29, 1.82) is 0 Å². The number of nitrogens with one attached hydrogen (secondary N) is 1. The molecule has 4 rings (SSSR count). The van der Waals surface area contributed by atoms with Gasteiger partial charge in [-0.2, -0.15) is 0 Å². The Morgan fingerprint density at radius 1 is 1.27 bits per heavy atom. The standard InChI is InChI=1S/C23H31N3O3S/c1-15(18-13-16-6-5-7-17(12-16)14-18)25-22(27)20-21(23(26-29-20)28-11-10-24)30-19-8-3-2-4-9-19/h2-4,8-9,15-18H,5-7,10-14,24H2,1H3,(H,25,27). The van der Waals surface area contributed by atoms with E-state index in [-0.39, 0.29) is 17.7 Å². The van der Waals surface area contributed by atoms with Crippen molar-refractivity contribution in [1.82, 2.24) is 10.5 Å². The van der Waals surface area contributed by atoms with Gasteiger partial charge in [0.05, 0.1) is 0 Å². The van der Waals surface area contributed by atoms with Gasteiger partial charge in [-0.3, -0.25) is 4.79 Å². The zero-order chi connectivity index (χ0) is 20.9. The maximum Gasteiger partial charge on any atom is 0.291 e. The highest BCUT2D eigenvalue weighted by Crippen LogP contribution is 2.43. The van der Waals surface area contributed by atoms with Gasteiger partial charge in [0.15, 0.2) is 0 Å². The van der Waals surface area contributed by atoms with Crippen molar-refractivity contribution in [3.05, 3.63) is 36.1 Å². The normalized spacial score (nSPS) is 24.3. The molecular weight excluding hydrogens is 398 g/mol. The minimum absolute atomic E-state index is 0.106. The fourth-order valence-electron chi connectivity index (χ4n) is 4.94. The van der Waals surface area contributed by atoms with E-state index in [4.69, 9.17) is 15.0 Å². The highest BCUT2D eigenvalue weighted by molar-refractivity contribution is 7.99. The Labute approximate surface area is 182 Å². The first-order valence-electron chi connectivity index (χ1n) is 11.0. The van der Waals surface area contributed by atoms with Gasteiger partial charge in [0.1, 0.15) is 11.5 Å². The van der Waals surface area contributed by atoms with Crippen molar-refractivity contribution in [3.63, 3.8) is 0 Å². The second-order valence-corrected chi connectivity index (χ2v) is 9.67. The van der Waals surface area contributed by atoms with Gasteiger partial charge in [-0.1, -0.05) is 49.2 Å². The average molecular weight is 430 g/mol. The molecule has 0 saturated heterocycles. The van der Waals surface area contributed by atoms with Crippen LogP contribution in [0.2, 0.25) is 0 Å². The number of hydrogen-bond donors (Lipinski definition) is 2. The van der Waals surface area contributed by atoms with Gasteiger partial charge in [-0.15, -0.1) is 0 Å². The molecule has 0 aliphatic heterocycles. The quantitative estimate of drug-likeness (QED) is 0.642. The van der Waals surface area contributed by atoms with Crippen LogP contribution in [0.4, 0.5) is 0 Å². The Hall–Kier alpha value is -1.99. The second-order valence-electron chi connectivity index (χ2n) is 8.59. The van der Waals surface area contributed by atoms with Crippen LogP contribution in [-0.4, -0.2) is 30.3 Å². The molecule has 1 aromatic heterocycles. The van der Waals surface area contributed by atoms with Crippen molar-refractivity contribution in [2.75, 3.05) is 13.2 Å². The molecule has 2 bridgehead atoms. The summed E-state index contributed by atoms with van der Waals surface area (Å²) in [6.07, 6.45) is 7.85. The summed E-state index contributed by atoms with van der Waals surface area (Å²) < 4.78 is 11.1. The van der Waals surface area contributed by atoms with E-state index in [9.17, 15) is 4.79 Å². The molecule has 2 aromatic rings. The van der Waals surface area contributed by atoms with E-state index in [0.717, 1.165) is 16.7 Å². The van der Waals surface area contributed by atoms with Gasteiger partial charge < -0.3 is 20.3 Å². The number of amides is 1. The lowest BCUT2D eigenvalue weighted by Crippen LogP contribution is -2.42. The van der Waals surface area contributed by atoms with Gasteiger partial charge in [0.25, 0.3) is 11.8 Å². The highest BCUT2D eigenvalue weighted by atomic mass is 32.2.